The maximum Gasteiger partial charge on any atom is 0.201 e. The van der Waals surface area contributed by atoms with Crippen molar-refractivity contribution in [3.8, 4) is 11.5 Å². The molecule has 2 nitrogen and oxygen atoms in total. The average Bonchev–Trinajstić information content (AvgIpc) is 2.43. The van der Waals surface area contributed by atoms with Crippen LogP contribution in [0.25, 0.3) is 0 Å². The van der Waals surface area contributed by atoms with Crippen molar-refractivity contribution in [2.75, 3.05) is 0 Å². The van der Waals surface area contributed by atoms with Gasteiger partial charge in [-0.3, -0.25) is 0 Å². The predicted molar refractivity (Wildman–Crippen MR) is 70.1 cm³/mol. The first-order chi connectivity index (χ1) is 9.11. The SMILES string of the molecule is CCC(N)c1cccc(Oc2cccc(F)c2F)c1. The lowest BCUT2D eigenvalue weighted by Crippen LogP contribution is -2.08. The predicted octanol–water partition coefficient (Wildman–Crippen LogP) is 4.17. The lowest BCUT2D eigenvalue weighted by Gasteiger charge is -2.12. The Morgan fingerprint density at radius 3 is 2.63 bits per heavy atom. The van der Waals surface area contributed by atoms with Crippen molar-refractivity contribution in [2.45, 2.75) is 19.4 Å². The van der Waals surface area contributed by atoms with Crippen molar-refractivity contribution >= 4 is 0 Å². The van der Waals surface area contributed by atoms with Crippen LogP contribution in [0.3, 0.4) is 0 Å². The minimum absolute atomic E-state index is 0.0964. The monoisotopic (exact) mass is 263 g/mol. The highest BCUT2D eigenvalue weighted by molar-refractivity contribution is 5.35. The highest BCUT2D eigenvalue weighted by atomic mass is 19.2. The quantitative estimate of drug-likeness (QED) is 0.898. The van der Waals surface area contributed by atoms with E-state index in [1.54, 1.807) is 18.2 Å². The van der Waals surface area contributed by atoms with E-state index in [2.05, 4.69) is 0 Å². The summed E-state index contributed by atoms with van der Waals surface area (Å²) in [6.45, 7) is 1.98. The fourth-order valence-corrected chi connectivity index (χ4v) is 1.73. The number of nitrogens with two attached hydrogens (primary N) is 1. The Labute approximate surface area is 110 Å². The Kier molecular flexibility index (Phi) is 4.12. The topological polar surface area (TPSA) is 35.2 Å². The van der Waals surface area contributed by atoms with Gasteiger partial charge in [-0.1, -0.05) is 25.1 Å². The van der Waals surface area contributed by atoms with Crippen LogP contribution in [0.5, 0.6) is 11.5 Å². The summed E-state index contributed by atoms with van der Waals surface area (Å²) in [5.74, 6) is -1.63. The van der Waals surface area contributed by atoms with Crippen molar-refractivity contribution in [3.05, 3.63) is 59.7 Å². The van der Waals surface area contributed by atoms with E-state index >= 15 is 0 Å². The van der Waals surface area contributed by atoms with E-state index in [1.807, 2.05) is 13.0 Å². The number of halogens is 2. The molecule has 0 saturated heterocycles. The number of ether oxygens (including phenoxy) is 1. The van der Waals surface area contributed by atoms with Gasteiger partial charge in [0.1, 0.15) is 5.75 Å². The van der Waals surface area contributed by atoms with E-state index in [0.29, 0.717) is 5.75 Å². The minimum atomic E-state index is -0.993. The van der Waals surface area contributed by atoms with Crippen LogP contribution in [0.2, 0.25) is 0 Å². The molecule has 2 aromatic carbocycles. The van der Waals surface area contributed by atoms with Crippen LogP contribution >= 0.6 is 0 Å². The molecule has 4 heteroatoms. The third kappa shape index (κ3) is 3.09. The first kappa shape index (κ1) is 13.5. The zero-order chi connectivity index (χ0) is 13.8. The first-order valence-corrected chi connectivity index (χ1v) is 6.09. The Balaban J connectivity index is 2.26. The Hall–Kier alpha value is -1.94. The standard InChI is InChI=1S/C15H15F2NO/c1-2-13(18)10-5-3-6-11(9-10)19-14-8-4-7-12(16)15(14)17/h3-9,13H,2,18H2,1H3. The van der Waals surface area contributed by atoms with Gasteiger partial charge >= 0.3 is 0 Å². The van der Waals surface area contributed by atoms with Gasteiger partial charge in [0.05, 0.1) is 0 Å². The van der Waals surface area contributed by atoms with Gasteiger partial charge in [0.15, 0.2) is 11.6 Å². The van der Waals surface area contributed by atoms with Gasteiger partial charge in [-0.2, -0.15) is 4.39 Å². The van der Waals surface area contributed by atoms with Crippen molar-refractivity contribution in [2.24, 2.45) is 5.73 Å². The van der Waals surface area contributed by atoms with Gasteiger partial charge in [-0.25, -0.2) is 4.39 Å². The minimum Gasteiger partial charge on any atom is -0.454 e. The molecule has 1 unspecified atom stereocenters. The molecule has 2 N–H and O–H groups in total. The van der Waals surface area contributed by atoms with E-state index in [1.165, 1.54) is 12.1 Å². The molecule has 2 aromatic rings. The van der Waals surface area contributed by atoms with Crippen molar-refractivity contribution < 1.29 is 13.5 Å². The van der Waals surface area contributed by atoms with Gasteiger partial charge in [-0.15, -0.1) is 0 Å². The maximum atomic E-state index is 13.5. The van der Waals surface area contributed by atoms with Crippen LogP contribution in [0, 0.1) is 11.6 Å². The van der Waals surface area contributed by atoms with Crippen molar-refractivity contribution in [1.82, 2.24) is 0 Å². The summed E-state index contributed by atoms with van der Waals surface area (Å²) in [4.78, 5) is 0. The summed E-state index contributed by atoms with van der Waals surface area (Å²) in [6.07, 6.45) is 0.789. The highest BCUT2D eigenvalue weighted by Crippen LogP contribution is 2.27. The molecule has 0 bridgehead atoms. The van der Waals surface area contributed by atoms with Gasteiger partial charge in [0.25, 0.3) is 0 Å². The van der Waals surface area contributed by atoms with E-state index < -0.39 is 11.6 Å². The Bertz CT molecular complexity index is 572. The summed E-state index contributed by atoms with van der Waals surface area (Å²) in [6, 6.07) is 10.8. The molecule has 0 aliphatic carbocycles. The molecule has 0 spiro atoms. The van der Waals surface area contributed by atoms with Gasteiger partial charge in [-0.05, 0) is 36.2 Å². The van der Waals surface area contributed by atoms with Crippen molar-refractivity contribution in [3.63, 3.8) is 0 Å². The average molecular weight is 263 g/mol. The summed E-state index contributed by atoms with van der Waals surface area (Å²) >= 11 is 0. The van der Waals surface area contributed by atoms with Crippen LogP contribution in [0.15, 0.2) is 42.5 Å². The number of hydrogen-bond acceptors (Lipinski definition) is 2. The molecule has 0 aliphatic heterocycles. The summed E-state index contributed by atoms with van der Waals surface area (Å²) in [5.41, 5.74) is 6.82. The second kappa shape index (κ2) is 5.80. The van der Waals surface area contributed by atoms with Gasteiger partial charge in [0.2, 0.25) is 5.82 Å². The summed E-state index contributed by atoms with van der Waals surface area (Å²) in [7, 11) is 0. The van der Waals surface area contributed by atoms with Crippen LogP contribution in [-0.4, -0.2) is 0 Å². The van der Waals surface area contributed by atoms with E-state index in [9.17, 15) is 8.78 Å². The van der Waals surface area contributed by atoms with Crippen molar-refractivity contribution in [1.29, 1.82) is 0 Å². The molecule has 0 radical (unpaired) electrons. The van der Waals surface area contributed by atoms with Gasteiger partial charge in [0, 0.05) is 6.04 Å². The molecule has 100 valence electrons. The highest BCUT2D eigenvalue weighted by Gasteiger charge is 2.10. The first-order valence-electron chi connectivity index (χ1n) is 6.09. The lowest BCUT2D eigenvalue weighted by atomic mass is 10.1. The van der Waals surface area contributed by atoms with Crippen LogP contribution in [0.1, 0.15) is 24.9 Å². The molecular weight excluding hydrogens is 248 g/mol. The number of benzene rings is 2. The van der Waals surface area contributed by atoms with Crippen LogP contribution in [0.4, 0.5) is 8.78 Å². The second-order valence-electron chi connectivity index (χ2n) is 4.24. The zero-order valence-electron chi connectivity index (χ0n) is 10.6. The fourth-order valence-electron chi connectivity index (χ4n) is 1.73. The lowest BCUT2D eigenvalue weighted by molar-refractivity contribution is 0.415. The molecular formula is C15H15F2NO. The molecule has 0 saturated carbocycles. The molecule has 2 rings (SSSR count). The summed E-state index contributed by atoms with van der Waals surface area (Å²) in [5, 5.41) is 0. The second-order valence-corrected chi connectivity index (χ2v) is 4.24. The van der Waals surface area contributed by atoms with Gasteiger partial charge < -0.3 is 10.5 Å². The maximum absolute atomic E-state index is 13.5. The Morgan fingerprint density at radius 1 is 1.16 bits per heavy atom. The van der Waals surface area contributed by atoms with E-state index in [0.717, 1.165) is 18.1 Å². The van der Waals surface area contributed by atoms with E-state index in [-0.39, 0.29) is 11.8 Å². The number of hydrogen-bond donors (Lipinski definition) is 1. The third-order valence-corrected chi connectivity index (χ3v) is 2.87. The molecule has 19 heavy (non-hydrogen) atoms. The summed E-state index contributed by atoms with van der Waals surface area (Å²) < 4.78 is 31.9. The molecule has 0 fully saturated rings. The zero-order valence-corrected chi connectivity index (χ0v) is 10.6. The fraction of sp³-hybridized carbons (Fsp3) is 0.200. The molecule has 0 heterocycles. The van der Waals surface area contributed by atoms with Crippen LogP contribution < -0.4 is 10.5 Å². The third-order valence-electron chi connectivity index (χ3n) is 2.87. The number of rotatable bonds is 4. The largest absolute Gasteiger partial charge is 0.454 e. The normalized spacial score (nSPS) is 12.2. The van der Waals surface area contributed by atoms with E-state index in [4.69, 9.17) is 10.5 Å². The van der Waals surface area contributed by atoms with Crippen LogP contribution in [-0.2, 0) is 0 Å². The smallest absolute Gasteiger partial charge is 0.201 e. The molecule has 0 amide bonds. The molecule has 0 aliphatic rings. The molecule has 1 atom stereocenters. The Morgan fingerprint density at radius 2 is 1.89 bits per heavy atom. The molecule has 0 aromatic heterocycles.